The molecule has 0 spiro atoms. The summed E-state index contributed by atoms with van der Waals surface area (Å²) in [6.07, 6.45) is 0. The Morgan fingerprint density at radius 3 is 3.06 bits per heavy atom. The molecule has 17 heavy (non-hydrogen) atoms. The molecule has 0 radical (unpaired) electrons. The molecular weight excluding hydrogens is 246 g/mol. The lowest BCUT2D eigenvalue weighted by Crippen LogP contribution is -2.06. The molecule has 0 saturated heterocycles. The van der Waals surface area contributed by atoms with Gasteiger partial charge in [0.25, 0.3) is 0 Å². The standard InChI is InChI=1S/C11H10ClNO4/c1-6-2-7(12)3-8-11(6)17-9(13-8)4-16-5-10(14)15/h2-3H,4-5H2,1H3,(H,14,15). The number of carboxylic acids is 1. The molecule has 0 saturated carbocycles. The molecule has 1 aromatic heterocycles. The summed E-state index contributed by atoms with van der Waals surface area (Å²) in [5.74, 6) is -0.688. The van der Waals surface area contributed by atoms with Crippen molar-refractivity contribution in [3.05, 3.63) is 28.6 Å². The second-order valence-electron chi connectivity index (χ2n) is 3.57. The van der Waals surface area contributed by atoms with Crippen molar-refractivity contribution in [1.82, 2.24) is 4.98 Å². The van der Waals surface area contributed by atoms with Crippen LogP contribution in [0.3, 0.4) is 0 Å². The van der Waals surface area contributed by atoms with Crippen molar-refractivity contribution < 1.29 is 19.1 Å². The smallest absolute Gasteiger partial charge is 0.329 e. The van der Waals surface area contributed by atoms with Crippen LogP contribution < -0.4 is 0 Å². The van der Waals surface area contributed by atoms with E-state index < -0.39 is 5.97 Å². The Labute approximate surface area is 102 Å². The van der Waals surface area contributed by atoms with Gasteiger partial charge in [-0.05, 0) is 24.6 Å². The van der Waals surface area contributed by atoms with Gasteiger partial charge in [0.15, 0.2) is 5.58 Å². The van der Waals surface area contributed by atoms with E-state index in [0.717, 1.165) is 5.56 Å². The zero-order valence-corrected chi connectivity index (χ0v) is 9.82. The molecule has 0 bridgehead atoms. The van der Waals surface area contributed by atoms with Gasteiger partial charge < -0.3 is 14.3 Å². The first-order valence-electron chi connectivity index (χ1n) is 4.91. The highest BCUT2D eigenvalue weighted by atomic mass is 35.5. The van der Waals surface area contributed by atoms with Crippen LogP contribution in [0.15, 0.2) is 16.5 Å². The Bertz CT molecular complexity index is 564. The number of ether oxygens (including phenoxy) is 1. The first-order chi connectivity index (χ1) is 8.06. The summed E-state index contributed by atoms with van der Waals surface area (Å²) in [4.78, 5) is 14.4. The molecule has 0 unspecified atom stereocenters. The molecule has 90 valence electrons. The summed E-state index contributed by atoms with van der Waals surface area (Å²) < 4.78 is 10.3. The maximum absolute atomic E-state index is 10.3. The lowest BCUT2D eigenvalue weighted by atomic mass is 10.2. The van der Waals surface area contributed by atoms with Crippen LogP contribution in [0.5, 0.6) is 0 Å². The van der Waals surface area contributed by atoms with Crippen LogP contribution in [-0.2, 0) is 16.1 Å². The van der Waals surface area contributed by atoms with E-state index in [4.69, 9.17) is 25.9 Å². The number of benzene rings is 1. The predicted molar refractivity (Wildman–Crippen MR) is 61.0 cm³/mol. The van der Waals surface area contributed by atoms with E-state index >= 15 is 0 Å². The second kappa shape index (κ2) is 4.73. The predicted octanol–water partition coefficient (Wildman–Crippen LogP) is 2.39. The van der Waals surface area contributed by atoms with Crippen molar-refractivity contribution in [2.24, 2.45) is 0 Å². The molecule has 1 heterocycles. The number of halogens is 1. The van der Waals surface area contributed by atoms with Crippen molar-refractivity contribution in [2.75, 3.05) is 6.61 Å². The number of hydrogen-bond acceptors (Lipinski definition) is 4. The quantitative estimate of drug-likeness (QED) is 0.908. The Hall–Kier alpha value is -1.59. The zero-order valence-electron chi connectivity index (χ0n) is 9.07. The van der Waals surface area contributed by atoms with E-state index in [2.05, 4.69) is 4.98 Å². The largest absolute Gasteiger partial charge is 0.480 e. The minimum atomic E-state index is -1.03. The molecule has 0 aliphatic heterocycles. The lowest BCUT2D eigenvalue weighted by molar-refractivity contribution is -0.142. The Balaban J connectivity index is 2.20. The fraction of sp³-hybridized carbons (Fsp3) is 0.273. The molecular formula is C11H10ClNO4. The van der Waals surface area contributed by atoms with Crippen LogP contribution in [0, 0.1) is 6.92 Å². The van der Waals surface area contributed by atoms with Crippen molar-refractivity contribution in [3.63, 3.8) is 0 Å². The first kappa shape index (κ1) is 11.9. The summed E-state index contributed by atoms with van der Waals surface area (Å²) >= 11 is 5.89. The average Bonchev–Trinajstić information content (AvgIpc) is 2.60. The number of fused-ring (bicyclic) bond motifs is 1. The van der Waals surface area contributed by atoms with Gasteiger partial charge in [0.05, 0.1) is 0 Å². The SMILES string of the molecule is Cc1cc(Cl)cc2nc(COCC(=O)O)oc12. The number of aromatic nitrogens is 1. The maximum atomic E-state index is 10.3. The number of oxazole rings is 1. The van der Waals surface area contributed by atoms with Gasteiger partial charge in [0.2, 0.25) is 5.89 Å². The number of rotatable bonds is 4. The third-order valence-corrected chi connectivity index (χ3v) is 2.35. The highest BCUT2D eigenvalue weighted by Gasteiger charge is 2.09. The number of aryl methyl sites for hydroxylation is 1. The van der Waals surface area contributed by atoms with E-state index in [0.29, 0.717) is 22.0 Å². The third kappa shape index (κ3) is 2.75. The molecule has 5 nitrogen and oxygen atoms in total. The minimum Gasteiger partial charge on any atom is -0.480 e. The molecule has 6 heteroatoms. The van der Waals surface area contributed by atoms with Gasteiger partial charge in [-0.2, -0.15) is 0 Å². The topological polar surface area (TPSA) is 72.6 Å². The van der Waals surface area contributed by atoms with Crippen molar-refractivity contribution in [3.8, 4) is 0 Å². The van der Waals surface area contributed by atoms with E-state index in [1.54, 1.807) is 12.1 Å². The lowest BCUT2D eigenvalue weighted by Gasteiger charge is -1.95. The highest BCUT2D eigenvalue weighted by molar-refractivity contribution is 6.31. The molecule has 0 aliphatic rings. The molecule has 0 fully saturated rings. The normalized spacial score (nSPS) is 10.9. The number of aliphatic carboxylic acids is 1. The van der Waals surface area contributed by atoms with E-state index in [1.165, 1.54) is 0 Å². The summed E-state index contributed by atoms with van der Waals surface area (Å²) in [5, 5.41) is 9.00. The van der Waals surface area contributed by atoms with Crippen LogP contribution in [0.1, 0.15) is 11.5 Å². The van der Waals surface area contributed by atoms with Crippen LogP contribution in [0.4, 0.5) is 0 Å². The molecule has 0 atom stereocenters. The fourth-order valence-corrected chi connectivity index (χ4v) is 1.76. The number of carboxylic acid groups (broad SMARTS) is 1. The third-order valence-electron chi connectivity index (χ3n) is 2.14. The molecule has 1 N–H and O–H groups in total. The maximum Gasteiger partial charge on any atom is 0.329 e. The zero-order chi connectivity index (χ0) is 12.4. The second-order valence-corrected chi connectivity index (χ2v) is 4.00. The van der Waals surface area contributed by atoms with Crippen molar-refractivity contribution in [1.29, 1.82) is 0 Å². The van der Waals surface area contributed by atoms with Gasteiger partial charge in [-0.25, -0.2) is 9.78 Å². The molecule has 0 amide bonds. The monoisotopic (exact) mass is 255 g/mol. The van der Waals surface area contributed by atoms with Gasteiger partial charge in [0.1, 0.15) is 18.7 Å². The van der Waals surface area contributed by atoms with Gasteiger partial charge in [-0.15, -0.1) is 0 Å². The van der Waals surface area contributed by atoms with E-state index in [-0.39, 0.29) is 13.2 Å². The Kier molecular flexibility index (Phi) is 3.31. The van der Waals surface area contributed by atoms with Gasteiger partial charge >= 0.3 is 5.97 Å². The summed E-state index contributed by atoms with van der Waals surface area (Å²) in [7, 11) is 0. The molecule has 2 rings (SSSR count). The average molecular weight is 256 g/mol. The van der Waals surface area contributed by atoms with Crippen molar-refractivity contribution in [2.45, 2.75) is 13.5 Å². The summed E-state index contributed by atoms with van der Waals surface area (Å²) in [6.45, 7) is 1.51. The van der Waals surface area contributed by atoms with Crippen molar-refractivity contribution >= 4 is 28.7 Å². The minimum absolute atomic E-state index is 0.0258. The van der Waals surface area contributed by atoms with Gasteiger partial charge in [-0.1, -0.05) is 11.6 Å². The summed E-state index contributed by atoms with van der Waals surface area (Å²) in [6, 6.07) is 3.46. The van der Waals surface area contributed by atoms with Crippen LogP contribution in [0.2, 0.25) is 5.02 Å². The fourth-order valence-electron chi connectivity index (χ4n) is 1.49. The van der Waals surface area contributed by atoms with E-state index in [1.807, 2.05) is 6.92 Å². The van der Waals surface area contributed by atoms with Crippen LogP contribution in [0.25, 0.3) is 11.1 Å². The Morgan fingerprint density at radius 2 is 2.35 bits per heavy atom. The Morgan fingerprint density at radius 1 is 1.59 bits per heavy atom. The van der Waals surface area contributed by atoms with Crippen LogP contribution >= 0.6 is 11.6 Å². The number of nitrogens with zero attached hydrogens (tertiary/aromatic N) is 1. The highest BCUT2D eigenvalue weighted by Crippen LogP contribution is 2.24. The van der Waals surface area contributed by atoms with E-state index in [9.17, 15) is 4.79 Å². The first-order valence-corrected chi connectivity index (χ1v) is 5.29. The number of hydrogen-bond donors (Lipinski definition) is 1. The molecule has 2 aromatic rings. The number of carbonyl (C=O) groups is 1. The van der Waals surface area contributed by atoms with Crippen LogP contribution in [-0.4, -0.2) is 22.7 Å². The van der Waals surface area contributed by atoms with Gasteiger partial charge in [0, 0.05) is 5.02 Å². The van der Waals surface area contributed by atoms with Gasteiger partial charge in [-0.3, -0.25) is 0 Å². The molecule has 0 aliphatic carbocycles. The molecule has 1 aromatic carbocycles. The summed E-state index contributed by atoms with van der Waals surface area (Å²) in [5.41, 5.74) is 2.16.